The van der Waals surface area contributed by atoms with Gasteiger partial charge in [-0.25, -0.2) is 4.79 Å². The largest absolute Gasteiger partial charge is 0.478 e. The molecule has 2 nitrogen and oxygen atoms in total. The number of carbonyl (C=O) groups is 1. The van der Waals surface area contributed by atoms with E-state index in [4.69, 9.17) is 5.11 Å². The molecule has 0 fully saturated rings. The predicted molar refractivity (Wildman–Crippen MR) is 66.2 cm³/mol. The van der Waals surface area contributed by atoms with Crippen LogP contribution in [0.25, 0.3) is 10.4 Å². The number of rotatable bonds is 2. The number of hydrogen-bond donors (Lipinski definition) is 1. The zero-order valence-corrected chi connectivity index (χ0v) is 9.97. The number of hydrogen-bond acceptors (Lipinski definition) is 2. The van der Waals surface area contributed by atoms with Gasteiger partial charge in [-0.2, -0.15) is 0 Å². The Hall–Kier alpha value is -1.61. The maximum Gasteiger partial charge on any atom is 0.336 e. The standard InChI is InChI=1S/C13H12O2S/c1-8-4-3-5-11(9(8)2)12-6-10(7-16-12)13(14)15/h3-7H,1-2H3,(H,14,15). The highest BCUT2D eigenvalue weighted by Gasteiger charge is 2.10. The van der Waals surface area contributed by atoms with Crippen molar-refractivity contribution in [2.75, 3.05) is 0 Å². The molecule has 0 saturated heterocycles. The first-order valence-electron chi connectivity index (χ1n) is 4.98. The summed E-state index contributed by atoms with van der Waals surface area (Å²) in [5.41, 5.74) is 3.92. The summed E-state index contributed by atoms with van der Waals surface area (Å²) >= 11 is 1.47. The normalized spacial score (nSPS) is 10.4. The van der Waals surface area contributed by atoms with E-state index in [0.29, 0.717) is 5.56 Å². The quantitative estimate of drug-likeness (QED) is 0.856. The summed E-state index contributed by atoms with van der Waals surface area (Å²) in [5, 5.41) is 10.6. The van der Waals surface area contributed by atoms with Gasteiger partial charge in [-0.1, -0.05) is 18.2 Å². The summed E-state index contributed by atoms with van der Waals surface area (Å²) in [6.07, 6.45) is 0. The van der Waals surface area contributed by atoms with Gasteiger partial charge in [0, 0.05) is 10.3 Å². The van der Waals surface area contributed by atoms with Crippen LogP contribution in [-0.4, -0.2) is 11.1 Å². The molecule has 0 spiro atoms. The number of thiophene rings is 1. The van der Waals surface area contributed by atoms with Gasteiger partial charge >= 0.3 is 5.97 Å². The van der Waals surface area contributed by atoms with E-state index in [0.717, 1.165) is 10.4 Å². The Morgan fingerprint density at radius 1 is 1.31 bits per heavy atom. The molecule has 2 aromatic rings. The number of carboxylic acids is 1. The Morgan fingerprint density at radius 2 is 2.06 bits per heavy atom. The summed E-state index contributed by atoms with van der Waals surface area (Å²) in [5.74, 6) is -0.868. The van der Waals surface area contributed by atoms with Gasteiger partial charge in [0.05, 0.1) is 5.56 Å². The van der Waals surface area contributed by atoms with Gasteiger partial charge in [0.1, 0.15) is 0 Å². The Labute approximate surface area is 98.2 Å². The van der Waals surface area contributed by atoms with Gasteiger partial charge in [-0.3, -0.25) is 0 Å². The molecular formula is C13H12O2S. The number of aryl methyl sites for hydroxylation is 1. The van der Waals surface area contributed by atoms with Crippen LogP contribution in [0.2, 0.25) is 0 Å². The van der Waals surface area contributed by atoms with Crippen molar-refractivity contribution in [3.63, 3.8) is 0 Å². The van der Waals surface area contributed by atoms with Crippen LogP contribution in [0.5, 0.6) is 0 Å². The molecule has 0 amide bonds. The van der Waals surface area contributed by atoms with Crippen LogP contribution in [-0.2, 0) is 0 Å². The Kier molecular flexibility index (Phi) is 2.79. The molecule has 1 heterocycles. The van der Waals surface area contributed by atoms with E-state index in [2.05, 4.69) is 19.9 Å². The Morgan fingerprint density at radius 3 is 2.69 bits per heavy atom. The second kappa shape index (κ2) is 4.10. The fourth-order valence-corrected chi connectivity index (χ4v) is 2.57. The Balaban J connectivity index is 2.50. The highest BCUT2D eigenvalue weighted by Crippen LogP contribution is 2.30. The van der Waals surface area contributed by atoms with Gasteiger partial charge in [0.25, 0.3) is 0 Å². The van der Waals surface area contributed by atoms with Crippen molar-refractivity contribution in [2.24, 2.45) is 0 Å². The van der Waals surface area contributed by atoms with E-state index in [9.17, 15) is 4.79 Å². The summed E-state index contributed by atoms with van der Waals surface area (Å²) in [4.78, 5) is 11.8. The van der Waals surface area contributed by atoms with Crippen LogP contribution in [0.1, 0.15) is 21.5 Å². The second-order valence-electron chi connectivity index (χ2n) is 3.75. The van der Waals surface area contributed by atoms with Gasteiger partial charge < -0.3 is 5.11 Å². The summed E-state index contributed by atoms with van der Waals surface area (Å²) < 4.78 is 0. The maximum atomic E-state index is 10.8. The first kappa shape index (κ1) is 10.9. The molecule has 0 radical (unpaired) electrons. The molecule has 1 N–H and O–H groups in total. The molecule has 0 atom stereocenters. The number of carboxylic acid groups (broad SMARTS) is 1. The molecule has 16 heavy (non-hydrogen) atoms. The van der Waals surface area contributed by atoms with E-state index < -0.39 is 5.97 Å². The zero-order chi connectivity index (χ0) is 11.7. The fourth-order valence-electron chi connectivity index (χ4n) is 1.61. The van der Waals surface area contributed by atoms with Crippen LogP contribution < -0.4 is 0 Å². The minimum Gasteiger partial charge on any atom is -0.478 e. The molecule has 0 bridgehead atoms. The third kappa shape index (κ3) is 1.86. The molecule has 3 heteroatoms. The number of aromatic carboxylic acids is 1. The third-order valence-corrected chi connectivity index (χ3v) is 3.68. The second-order valence-corrected chi connectivity index (χ2v) is 4.66. The predicted octanol–water partition coefficient (Wildman–Crippen LogP) is 3.73. The topological polar surface area (TPSA) is 37.3 Å². The molecule has 0 unspecified atom stereocenters. The van der Waals surface area contributed by atoms with E-state index in [1.54, 1.807) is 11.4 Å². The minimum absolute atomic E-state index is 0.362. The van der Waals surface area contributed by atoms with Crippen LogP contribution in [0.4, 0.5) is 0 Å². The van der Waals surface area contributed by atoms with Crippen LogP contribution in [0, 0.1) is 13.8 Å². The molecule has 0 aliphatic carbocycles. The average molecular weight is 232 g/mol. The SMILES string of the molecule is Cc1cccc(-c2cc(C(=O)O)cs2)c1C. The van der Waals surface area contributed by atoms with Gasteiger partial charge in [-0.05, 0) is 36.6 Å². The summed E-state index contributed by atoms with van der Waals surface area (Å²) in [6, 6.07) is 7.82. The van der Waals surface area contributed by atoms with Gasteiger partial charge in [0.15, 0.2) is 0 Å². The van der Waals surface area contributed by atoms with Crippen molar-refractivity contribution in [1.82, 2.24) is 0 Å². The summed E-state index contributed by atoms with van der Waals surface area (Å²) in [6.45, 7) is 4.12. The fraction of sp³-hybridized carbons (Fsp3) is 0.154. The lowest BCUT2D eigenvalue weighted by Crippen LogP contribution is -1.91. The van der Waals surface area contributed by atoms with Crippen LogP contribution >= 0.6 is 11.3 Å². The lowest BCUT2D eigenvalue weighted by Gasteiger charge is -2.05. The first-order chi connectivity index (χ1) is 7.59. The lowest BCUT2D eigenvalue weighted by atomic mass is 10.0. The summed E-state index contributed by atoms with van der Waals surface area (Å²) in [7, 11) is 0. The van der Waals surface area contributed by atoms with Gasteiger partial charge in [0.2, 0.25) is 0 Å². The average Bonchev–Trinajstić information content (AvgIpc) is 2.71. The van der Waals surface area contributed by atoms with E-state index in [1.807, 2.05) is 12.1 Å². The molecule has 82 valence electrons. The highest BCUT2D eigenvalue weighted by molar-refractivity contribution is 7.13. The van der Waals surface area contributed by atoms with Crippen LogP contribution in [0.15, 0.2) is 29.6 Å². The Bertz CT molecular complexity index is 541. The molecule has 1 aromatic carbocycles. The van der Waals surface area contributed by atoms with Crippen molar-refractivity contribution < 1.29 is 9.90 Å². The van der Waals surface area contributed by atoms with Gasteiger partial charge in [-0.15, -0.1) is 11.3 Å². The zero-order valence-electron chi connectivity index (χ0n) is 9.15. The minimum atomic E-state index is -0.868. The van der Waals surface area contributed by atoms with E-state index in [1.165, 1.54) is 22.5 Å². The smallest absolute Gasteiger partial charge is 0.336 e. The van der Waals surface area contributed by atoms with E-state index in [-0.39, 0.29) is 0 Å². The maximum absolute atomic E-state index is 10.8. The molecule has 0 aliphatic rings. The first-order valence-corrected chi connectivity index (χ1v) is 5.86. The monoisotopic (exact) mass is 232 g/mol. The van der Waals surface area contributed by atoms with Crippen molar-refractivity contribution >= 4 is 17.3 Å². The van der Waals surface area contributed by atoms with Crippen molar-refractivity contribution in [2.45, 2.75) is 13.8 Å². The molecular weight excluding hydrogens is 220 g/mol. The molecule has 2 rings (SSSR count). The van der Waals surface area contributed by atoms with Crippen molar-refractivity contribution in [1.29, 1.82) is 0 Å². The van der Waals surface area contributed by atoms with Crippen LogP contribution in [0.3, 0.4) is 0 Å². The molecule has 0 aliphatic heterocycles. The highest BCUT2D eigenvalue weighted by atomic mass is 32.1. The lowest BCUT2D eigenvalue weighted by molar-refractivity contribution is 0.0697. The van der Waals surface area contributed by atoms with E-state index >= 15 is 0 Å². The third-order valence-electron chi connectivity index (χ3n) is 2.72. The number of benzene rings is 1. The molecule has 0 saturated carbocycles. The van der Waals surface area contributed by atoms with Crippen molar-refractivity contribution in [3.8, 4) is 10.4 Å². The molecule has 1 aromatic heterocycles. The van der Waals surface area contributed by atoms with Crippen molar-refractivity contribution in [3.05, 3.63) is 46.3 Å².